The largest absolute Gasteiger partial charge is 0.240 e. The van der Waals surface area contributed by atoms with Gasteiger partial charge in [0.1, 0.15) is 5.83 Å². The lowest BCUT2D eigenvalue weighted by atomic mass is 10.3. The first-order valence-corrected chi connectivity index (χ1v) is 2.40. The summed E-state index contributed by atoms with van der Waals surface area (Å²) in [4.78, 5) is 0. The molecule has 0 aromatic carbocycles. The molecule has 0 radical (unpaired) electrons. The summed E-state index contributed by atoms with van der Waals surface area (Å²) < 4.78 is 35.6. The molecule has 0 N–H and O–H groups in total. The molecule has 0 saturated heterocycles. The summed E-state index contributed by atoms with van der Waals surface area (Å²) in [5, 5.41) is 0. The lowest BCUT2D eigenvalue weighted by molar-refractivity contribution is 0.329. The molecule has 1 aliphatic rings. The van der Waals surface area contributed by atoms with Gasteiger partial charge >= 0.3 is 0 Å². The van der Waals surface area contributed by atoms with Crippen LogP contribution < -0.4 is 0 Å². The molecule has 3 heteroatoms. The Morgan fingerprint density at radius 3 is 2.12 bits per heavy atom. The second-order valence-corrected chi connectivity index (χ2v) is 1.76. The molecule has 0 nitrogen and oxygen atoms in total. The van der Waals surface area contributed by atoms with Crippen LogP contribution in [0.15, 0.2) is 11.7 Å². The van der Waals surface area contributed by atoms with Gasteiger partial charge in [0.15, 0.2) is 12.0 Å². The fourth-order valence-electron chi connectivity index (χ4n) is 0.670. The molecule has 0 aliphatic heterocycles. The Hall–Kier alpha value is -0.470. The molecule has 0 aromatic rings. The van der Waals surface area contributed by atoms with E-state index in [0.29, 0.717) is 0 Å². The zero-order valence-electron chi connectivity index (χ0n) is 4.13. The van der Waals surface area contributed by atoms with Gasteiger partial charge in [0.05, 0.1) is 0 Å². The van der Waals surface area contributed by atoms with Crippen LogP contribution in [0.25, 0.3) is 0 Å². The Kier molecular flexibility index (Phi) is 1.27. The molecule has 0 fully saturated rings. The predicted molar refractivity (Wildman–Crippen MR) is 23.4 cm³/mol. The summed E-state index contributed by atoms with van der Waals surface area (Å²) in [6.07, 6.45) is -1.78. The van der Waals surface area contributed by atoms with Gasteiger partial charge in [-0.25, -0.2) is 13.2 Å². The van der Waals surface area contributed by atoms with E-state index in [1.807, 2.05) is 0 Å². The Labute approximate surface area is 45.0 Å². The van der Waals surface area contributed by atoms with Gasteiger partial charge in [-0.1, -0.05) is 0 Å². The minimum Gasteiger partial charge on any atom is -0.240 e. The number of alkyl halides is 1. The molecule has 1 atom stereocenters. The molecule has 0 spiro atoms. The van der Waals surface area contributed by atoms with E-state index in [1.54, 1.807) is 0 Å². The van der Waals surface area contributed by atoms with Crippen LogP contribution in [-0.2, 0) is 0 Å². The topological polar surface area (TPSA) is 0 Å². The molecule has 0 saturated carbocycles. The van der Waals surface area contributed by atoms with Crippen molar-refractivity contribution in [2.45, 2.75) is 19.0 Å². The first-order chi connectivity index (χ1) is 3.72. The number of hydrogen-bond donors (Lipinski definition) is 0. The Morgan fingerprint density at radius 1 is 1.38 bits per heavy atom. The zero-order chi connectivity index (χ0) is 6.15. The van der Waals surface area contributed by atoms with E-state index in [0.717, 1.165) is 0 Å². The molecular weight excluding hydrogens is 117 g/mol. The Bertz CT molecular complexity index is 128. The van der Waals surface area contributed by atoms with Crippen LogP contribution >= 0.6 is 0 Å². The summed E-state index contributed by atoms with van der Waals surface area (Å²) >= 11 is 0. The quantitative estimate of drug-likeness (QED) is 0.462. The molecule has 1 unspecified atom stereocenters. The van der Waals surface area contributed by atoms with Crippen LogP contribution in [0.5, 0.6) is 0 Å². The van der Waals surface area contributed by atoms with E-state index in [1.165, 1.54) is 0 Å². The number of allylic oxidation sites excluding steroid dienone is 2. The highest BCUT2D eigenvalue weighted by molar-refractivity contribution is 5.11. The lowest BCUT2D eigenvalue weighted by Crippen LogP contribution is -1.91. The van der Waals surface area contributed by atoms with E-state index in [4.69, 9.17) is 0 Å². The fourth-order valence-corrected chi connectivity index (χ4v) is 0.670. The summed E-state index contributed by atoms with van der Waals surface area (Å²) in [6.45, 7) is 0. The van der Waals surface area contributed by atoms with Gasteiger partial charge in [-0.2, -0.15) is 0 Å². The number of hydrogen-bond acceptors (Lipinski definition) is 0. The van der Waals surface area contributed by atoms with Gasteiger partial charge < -0.3 is 0 Å². The van der Waals surface area contributed by atoms with Crippen molar-refractivity contribution in [3.8, 4) is 0 Å². The molecule has 0 amide bonds. The molecule has 1 rings (SSSR count). The molecule has 1 aliphatic carbocycles. The van der Waals surface area contributed by atoms with Gasteiger partial charge in [0, 0.05) is 6.42 Å². The molecule has 8 heavy (non-hydrogen) atoms. The second kappa shape index (κ2) is 1.80. The van der Waals surface area contributed by atoms with Crippen molar-refractivity contribution < 1.29 is 13.2 Å². The summed E-state index contributed by atoms with van der Waals surface area (Å²) in [5.41, 5.74) is 0. The van der Waals surface area contributed by atoms with Crippen LogP contribution in [0.2, 0.25) is 0 Å². The summed E-state index contributed by atoms with van der Waals surface area (Å²) in [5.74, 6) is -2.12. The molecule has 46 valence electrons. The van der Waals surface area contributed by atoms with Crippen molar-refractivity contribution in [3.05, 3.63) is 11.7 Å². The van der Waals surface area contributed by atoms with Crippen molar-refractivity contribution in [2.75, 3.05) is 0 Å². The van der Waals surface area contributed by atoms with Crippen LogP contribution in [0.4, 0.5) is 13.2 Å². The van der Waals surface area contributed by atoms with Crippen molar-refractivity contribution in [1.82, 2.24) is 0 Å². The normalized spacial score (nSPS) is 29.6. The van der Waals surface area contributed by atoms with Gasteiger partial charge in [0.25, 0.3) is 0 Å². The molecule has 0 aromatic heterocycles. The minimum atomic E-state index is -1.67. The third kappa shape index (κ3) is 0.723. The van der Waals surface area contributed by atoms with Crippen molar-refractivity contribution in [2.24, 2.45) is 0 Å². The second-order valence-electron chi connectivity index (χ2n) is 1.76. The average molecular weight is 122 g/mol. The van der Waals surface area contributed by atoms with Gasteiger partial charge in [0.2, 0.25) is 0 Å². The highest BCUT2D eigenvalue weighted by Crippen LogP contribution is 2.30. The minimum absolute atomic E-state index is 0.0301. The molecule has 0 heterocycles. The fraction of sp³-hybridized carbons (Fsp3) is 0.600. The first kappa shape index (κ1) is 5.66. The maximum absolute atomic E-state index is 11.9. The monoisotopic (exact) mass is 122 g/mol. The van der Waals surface area contributed by atoms with Crippen LogP contribution in [-0.4, -0.2) is 6.17 Å². The summed E-state index contributed by atoms with van der Waals surface area (Å²) in [6, 6.07) is 0. The lowest BCUT2D eigenvalue weighted by Gasteiger charge is -1.89. The van der Waals surface area contributed by atoms with Gasteiger partial charge in [-0.15, -0.1) is 0 Å². The average Bonchev–Trinajstić information content (AvgIpc) is 1.98. The van der Waals surface area contributed by atoms with E-state index in [2.05, 4.69) is 0 Å². The number of halogens is 3. The predicted octanol–water partition coefficient (Wildman–Crippen LogP) is 2.27. The molecule has 0 bridgehead atoms. The third-order valence-corrected chi connectivity index (χ3v) is 1.15. The first-order valence-electron chi connectivity index (χ1n) is 2.40. The summed E-state index contributed by atoms with van der Waals surface area (Å²) in [7, 11) is 0. The van der Waals surface area contributed by atoms with Crippen LogP contribution in [0, 0.1) is 0 Å². The third-order valence-electron chi connectivity index (χ3n) is 1.15. The standard InChI is InChI=1S/C5H5F3/c6-3-1-2-4(7)5(3)8/h3H,1-2H2. The number of rotatable bonds is 0. The van der Waals surface area contributed by atoms with E-state index < -0.39 is 17.8 Å². The van der Waals surface area contributed by atoms with Crippen molar-refractivity contribution >= 4 is 0 Å². The highest BCUT2D eigenvalue weighted by atomic mass is 19.2. The van der Waals surface area contributed by atoms with Crippen LogP contribution in [0.3, 0.4) is 0 Å². The van der Waals surface area contributed by atoms with Gasteiger partial charge in [-0.05, 0) is 6.42 Å². The van der Waals surface area contributed by atoms with Crippen molar-refractivity contribution in [1.29, 1.82) is 0 Å². The zero-order valence-corrected chi connectivity index (χ0v) is 4.13. The van der Waals surface area contributed by atoms with E-state index in [-0.39, 0.29) is 12.8 Å². The molecular formula is C5H5F3. The Morgan fingerprint density at radius 2 is 2.00 bits per heavy atom. The maximum atomic E-state index is 11.9. The van der Waals surface area contributed by atoms with E-state index in [9.17, 15) is 13.2 Å². The highest BCUT2D eigenvalue weighted by Gasteiger charge is 2.25. The smallest absolute Gasteiger partial charge is 0.165 e. The van der Waals surface area contributed by atoms with Gasteiger partial charge in [-0.3, -0.25) is 0 Å². The SMILES string of the molecule is FC1=C(F)C(F)CC1. The maximum Gasteiger partial charge on any atom is 0.165 e. The van der Waals surface area contributed by atoms with Crippen molar-refractivity contribution in [3.63, 3.8) is 0 Å². The Balaban J connectivity index is 2.71. The van der Waals surface area contributed by atoms with E-state index >= 15 is 0 Å². The van der Waals surface area contributed by atoms with Crippen LogP contribution in [0.1, 0.15) is 12.8 Å².